The molecular formula is C13H9Cl3O2S2. The first-order valence-corrected chi connectivity index (χ1v) is 6.93. The van der Waals surface area contributed by atoms with Gasteiger partial charge in [0, 0.05) is 20.4 Å². The van der Waals surface area contributed by atoms with Gasteiger partial charge >= 0.3 is 0 Å². The molecule has 2 N–H and O–H groups in total. The van der Waals surface area contributed by atoms with Crippen LogP contribution in [0.15, 0.2) is 42.5 Å². The summed E-state index contributed by atoms with van der Waals surface area (Å²) in [6, 6.07) is 11.0. The van der Waals surface area contributed by atoms with E-state index in [1.54, 1.807) is 30.3 Å². The Balaban J connectivity index is 0.000000304. The number of phenolic OH excluding ortho intramolecular Hbond substituents is 2. The van der Waals surface area contributed by atoms with Crippen molar-refractivity contribution in [2.45, 2.75) is 0 Å². The van der Waals surface area contributed by atoms with Crippen LogP contribution >= 0.6 is 59.2 Å². The van der Waals surface area contributed by atoms with E-state index in [2.05, 4.69) is 24.4 Å². The van der Waals surface area contributed by atoms with E-state index in [0.29, 0.717) is 15.1 Å². The van der Waals surface area contributed by atoms with Gasteiger partial charge in [-0.2, -0.15) is 0 Å². The van der Waals surface area contributed by atoms with Crippen LogP contribution in [0.4, 0.5) is 0 Å². The van der Waals surface area contributed by atoms with Crippen LogP contribution in [0.3, 0.4) is 0 Å². The zero-order valence-electron chi connectivity index (χ0n) is 9.89. The van der Waals surface area contributed by atoms with E-state index in [9.17, 15) is 0 Å². The largest absolute Gasteiger partial charge is 0.508 e. The van der Waals surface area contributed by atoms with E-state index in [0.717, 1.165) is 0 Å². The molecule has 0 amide bonds. The lowest BCUT2D eigenvalue weighted by molar-refractivity contribution is 0.475. The molecule has 0 saturated carbocycles. The van der Waals surface area contributed by atoms with Gasteiger partial charge in [-0.1, -0.05) is 40.9 Å². The fourth-order valence-electron chi connectivity index (χ4n) is 0.962. The number of benzene rings is 2. The van der Waals surface area contributed by atoms with E-state index >= 15 is 0 Å². The number of aromatic hydroxyl groups is 2. The predicted octanol–water partition coefficient (Wildman–Crippen LogP) is 5.76. The number of halogens is 3. The Bertz CT molecular complexity index is 568. The summed E-state index contributed by atoms with van der Waals surface area (Å²) in [5.74, 6) is 0.224. The molecule has 0 bridgehead atoms. The third-order valence-electron chi connectivity index (χ3n) is 1.72. The Hall–Kier alpha value is -0.870. The molecule has 0 atom stereocenters. The molecule has 2 aromatic carbocycles. The van der Waals surface area contributed by atoms with Crippen molar-refractivity contribution < 1.29 is 10.2 Å². The van der Waals surface area contributed by atoms with Gasteiger partial charge in [0.25, 0.3) is 0 Å². The number of thiocarbonyl (C=S) groups is 2. The second-order valence-electron chi connectivity index (χ2n) is 3.16. The van der Waals surface area contributed by atoms with E-state index in [4.69, 9.17) is 45.0 Å². The Kier molecular flexibility index (Phi) is 10.4. The van der Waals surface area contributed by atoms with Crippen LogP contribution in [0.5, 0.6) is 11.5 Å². The Labute approximate surface area is 142 Å². The lowest BCUT2D eigenvalue weighted by Crippen LogP contribution is -1.66. The minimum atomic E-state index is 0.0177. The summed E-state index contributed by atoms with van der Waals surface area (Å²) in [5.41, 5.74) is 0. The zero-order chi connectivity index (χ0) is 15.5. The van der Waals surface area contributed by atoms with Crippen molar-refractivity contribution >= 4 is 63.6 Å². The van der Waals surface area contributed by atoms with E-state index in [1.807, 2.05) is 4.31 Å². The van der Waals surface area contributed by atoms with Crippen molar-refractivity contribution in [1.82, 2.24) is 0 Å². The first kappa shape index (κ1) is 19.1. The Morgan fingerprint density at radius 2 is 1.40 bits per heavy atom. The second kappa shape index (κ2) is 10.9. The molecule has 2 aromatic rings. The van der Waals surface area contributed by atoms with Crippen LogP contribution in [0.1, 0.15) is 0 Å². The van der Waals surface area contributed by atoms with E-state index < -0.39 is 0 Å². The number of hydrogen-bond acceptors (Lipinski definition) is 4. The van der Waals surface area contributed by atoms with Gasteiger partial charge < -0.3 is 10.2 Å². The Morgan fingerprint density at radius 3 is 1.75 bits per heavy atom. The molecule has 7 heteroatoms. The summed E-state index contributed by atoms with van der Waals surface area (Å²) in [4.78, 5) is 0. The first-order valence-electron chi connectivity index (χ1n) is 4.98. The molecule has 0 aliphatic heterocycles. The van der Waals surface area contributed by atoms with Crippen molar-refractivity contribution in [2.24, 2.45) is 0 Å². The van der Waals surface area contributed by atoms with Crippen molar-refractivity contribution in [3.05, 3.63) is 57.5 Å². The maximum absolute atomic E-state index is 8.88. The van der Waals surface area contributed by atoms with Crippen molar-refractivity contribution in [3.8, 4) is 11.5 Å². The SMILES string of the molecule is Oc1cc(Cl)ccc1Cl.Oc1cccc(Cl)c1.S=C=S. The average Bonchev–Trinajstić information content (AvgIpc) is 2.36. The summed E-state index contributed by atoms with van der Waals surface area (Å²) >= 11 is 24.4. The van der Waals surface area contributed by atoms with Crippen LogP contribution in [0.25, 0.3) is 0 Å². The highest BCUT2D eigenvalue weighted by molar-refractivity contribution is 7.93. The number of phenols is 2. The lowest BCUT2D eigenvalue weighted by Gasteiger charge is -1.93. The minimum absolute atomic E-state index is 0.0177. The molecule has 0 aliphatic carbocycles. The molecular weight excluding hydrogens is 359 g/mol. The Morgan fingerprint density at radius 1 is 0.850 bits per heavy atom. The molecule has 2 nitrogen and oxygen atoms in total. The molecule has 0 unspecified atom stereocenters. The molecule has 0 aliphatic rings. The van der Waals surface area contributed by atoms with Gasteiger partial charge in [0.05, 0.1) is 5.02 Å². The fourth-order valence-corrected chi connectivity index (χ4v) is 1.43. The molecule has 106 valence electrons. The molecule has 0 aromatic heterocycles. The number of hydrogen-bond donors (Lipinski definition) is 2. The third-order valence-corrected chi connectivity index (χ3v) is 2.51. The summed E-state index contributed by atoms with van der Waals surface area (Å²) in [6.45, 7) is 0. The summed E-state index contributed by atoms with van der Waals surface area (Å²) in [6.07, 6.45) is 0. The second-order valence-corrected chi connectivity index (χ2v) is 5.11. The smallest absolute Gasteiger partial charge is 0.135 e. The maximum Gasteiger partial charge on any atom is 0.135 e. The van der Waals surface area contributed by atoms with Gasteiger partial charge in [-0.15, -0.1) is 0 Å². The van der Waals surface area contributed by atoms with Crippen LogP contribution in [-0.4, -0.2) is 14.5 Å². The predicted molar refractivity (Wildman–Crippen MR) is 91.4 cm³/mol. The standard InChI is InChI=1S/C6H4Cl2O.C6H5ClO.CS2/c7-4-1-2-5(8)6(9)3-4;7-5-2-1-3-6(8)4-5;2-1-3/h1-3,9H;1-4,8H;. The van der Waals surface area contributed by atoms with Crippen LogP contribution < -0.4 is 0 Å². The number of rotatable bonds is 0. The van der Waals surface area contributed by atoms with Crippen molar-refractivity contribution in [2.75, 3.05) is 0 Å². The normalized spacial score (nSPS) is 8.35. The summed E-state index contributed by atoms with van der Waals surface area (Å²) in [7, 11) is 0. The van der Waals surface area contributed by atoms with Gasteiger partial charge in [0.1, 0.15) is 11.5 Å². The highest BCUT2D eigenvalue weighted by Gasteiger charge is 1.95. The molecule has 0 heterocycles. The van der Waals surface area contributed by atoms with Gasteiger partial charge in [0.15, 0.2) is 0 Å². The maximum atomic E-state index is 8.88. The van der Waals surface area contributed by atoms with Gasteiger partial charge in [-0.25, -0.2) is 0 Å². The molecule has 0 saturated heterocycles. The van der Waals surface area contributed by atoms with Crippen molar-refractivity contribution in [3.63, 3.8) is 0 Å². The van der Waals surface area contributed by atoms with Crippen LogP contribution in [0, 0.1) is 0 Å². The highest BCUT2D eigenvalue weighted by atomic mass is 35.5. The molecule has 0 fully saturated rings. The monoisotopic (exact) mass is 366 g/mol. The van der Waals surface area contributed by atoms with E-state index in [1.165, 1.54) is 12.1 Å². The zero-order valence-corrected chi connectivity index (χ0v) is 13.8. The quantitative estimate of drug-likeness (QED) is 0.580. The van der Waals surface area contributed by atoms with Gasteiger partial charge in [-0.3, -0.25) is 0 Å². The van der Waals surface area contributed by atoms with Crippen LogP contribution in [-0.2, 0) is 0 Å². The summed E-state index contributed by atoms with van der Waals surface area (Å²) < 4.78 is 1.92. The average molecular weight is 368 g/mol. The third kappa shape index (κ3) is 9.10. The topological polar surface area (TPSA) is 40.5 Å². The fraction of sp³-hybridized carbons (Fsp3) is 0. The lowest BCUT2D eigenvalue weighted by atomic mass is 10.3. The summed E-state index contributed by atoms with van der Waals surface area (Å²) in [5, 5.41) is 19.0. The van der Waals surface area contributed by atoms with Gasteiger partial charge in [0.2, 0.25) is 0 Å². The van der Waals surface area contributed by atoms with E-state index in [-0.39, 0.29) is 11.5 Å². The molecule has 20 heavy (non-hydrogen) atoms. The van der Waals surface area contributed by atoms with Crippen molar-refractivity contribution in [1.29, 1.82) is 0 Å². The molecule has 2 rings (SSSR count). The highest BCUT2D eigenvalue weighted by Crippen LogP contribution is 2.25. The van der Waals surface area contributed by atoms with Gasteiger partial charge in [-0.05, 0) is 54.8 Å². The first-order chi connectivity index (χ1) is 9.40. The molecule has 0 spiro atoms. The molecule has 0 radical (unpaired) electrons. The van der Waals surface area contributed by atoms with Crippen LogP contribution in [0.2, 0.25) is 15.1 Å². The minimum Gasteiger partial charge on any atom is -0.508 e.